The van der Waals surface area contributed by atoms with E-state index in [1.807, 2.05) is 0 Å². The summed E-state index contributed by atoms with van der Waals surface area (Å²) in [5.41, 5.74) is 27.6. The number of fused-ring (bicyclic) bond motifs is 18. The van der Waals surface area contributed by atoms with Crippen LogP contribution in [0.5, 0.6) is 0 Å². The first-order chi connectivity index (χ1) is 37.6. The zero-order valence-electron chi connectivity index (χ0n) is 44.3. The molecule has 77 heavy (non-hydrogen) atoms. The highest BCUT2D eigenvalue weighted by molar-refractivity contribution is 6.23. The molecule has 2 aliphatic carbocycles. The summed E-state index contributed by atoms with van der Waals surface area (Å²) < 4.78 is 0. The van der Waals surface area contributed by atoms with Crippen LogP contribution in [0.1, 0.15) is 72.2 Å². The topological polar surface area (TPSA) is 6.48 Å². The molecule has 0 unspecified atom stereocenters. The number of hydrogen-bond donors (Lipinski definition) is 0. The van der Waals surface area contributed by atoms with E-state index < -0.39 is 5.41 Å². The highest BCUT2D eigenvalue weighted by atomic mass is 15.1. The maximum atomic E-state index is 2.55. The minimum absolute atomic E-state index is 0.205. The molecule has 1 spiro atoms. The Morgan fingerprint density at radius 2 is 0.649 bits per heavy atom. The quantitative estimate of drug-likeness (QED) is 0.163. The molecule has 0 aromatic heterocycles. The van der Waals surface area contributed by atoms with Gasteiger partial charge in [0.05, 0.1) is 16.8 Å². The molecule has 2 heteroatoms. The van der Waals surface area contributed by atoms with Gasteiger partial charge < -0.3 is 9.80 Å². The summed E-state index contributed by atoms with van der Waals surface area (Å²) in [6, 6.07) is 88.3. The Labute approximate surface area is 451 Å². The minimum atomic E-state index is -0.512. The number of rotatable bonds is 3. The number of benzene rings is 12. The van der Waals surface area contributed by atoms with E-state index in [9.17, 15) is 0 Å². The normalized spacial score (nSPS) is 15.4. The first-order valence-electron chi connectivity index (χ1n) is 27.4. The van der Waals surface area contributed by atoms with E-state index in [4.69, 9.17) is 0 Å². The van der Waals surface area contributed by atoms with Crippen molar-refractivity contribution in [2.45, 2.75) is 43.9 Å². The van der Waals surface area contributed by atoms with Crippen LogP contribution in [0.15, 0.2) is 231 Å². The third-order valence-electron chi connectivity index (χ3n) is 18.9. The van der Waals surface area contributed by atoms with E-state index in [0.717, 1.165) is 0 Å². The average molecular weight is 985 g/mol. The second-order valence-corrected chi connectivity index (χ2v) is 23.1. The minimum Gasteiger partial charge on any atom is -0.344 e. The maximum Gasteiger partial charge on any atom is 0.0725 e. The lowest BCUT2D eigenvalue weighted by Gasteiger charge is -2.41. The van der Waals surface area contributed by atoms with Crippen LogP contribution < -0.4 is 9.80 Å². The number of nitrogens with zero attached hydrogens (tertiary/aromatic N) is 2. The van der Waals surface area contributed by atoms with Crippen molar-refractivity contribution in [3.05, 3.63) is 275 Å². The lowest BCUT2D eigenvalue weighted by atomic mass is 9.70. The van der Waals surface area contributed by atoms with Gasteiger partial charge in [-0.1, -0.05) is 240 Å². The molecule has 2 heterocycles. The van der Waals surface area contributed by atoms with Gasteiger partial charge in [0.25, 0.3) is 0 Å². The second kappa shape index (κ2) is 15.6. The first kappa shape index (κ1) is 44.3. The van der Waals surface area contributed by atoms with Crippen LogP contribution >= 0.6 is 0 Å². The molecule has 0 saturated carbocycles. The fourth-order valence-corrected chi connectivity index (χ4v) is 15.5. The van der Waals surface area contributed by atoms with Gasteiger partial charge in [0, 0.05) is 47.4 Å². The van der Waals surface area contributed by atoms with Gasteiger partial charge in [0.15, 0.2) is 0 Å². The van der Waals surface area contributed by atoms with Crippen LogP contribution in [0, 0.1) is 0 Å². The van der Waals surface area contributed by atoms with Gasteiger partial charge in [0.1, 0.15) is 0 Å². The Kier molecular flexibility index (Phi) is 8.96. The van der Waals surface area contributed by atoms with Crippen molar-refractivity contribution in [2.24, 2.45) is 0 Å². The summed E-state index contributed by atoms with van der Waals surface area (Å²) in [5, 5.41) is 7.50. The molecular formula is C75H56N2. The van der Waals surface area contributed by atoms with Crippen molar-refractivity contribution in [1.82, 2.24) is 0 Å². The maximum absolute atomic E-state index is 2.55. The molecule has 12 aromatic rings. The Morgan fingerprint density at radius 1 is 0.260 bits per heavy atom. The monoisotopic (exact) mass is 984 g/mol. The standard InChI is InChI=1S/C75H56N2/c1-73(2)60-35-13-15-40-66(60)76(5)71-53(30-19-38-64(71)73)47-26-17-28-51-56(47)44-57-48(54-31-20-39-65-72(54)77(6)67-41-16-14-36-61(67)74(65,3)4)27-18-29-52(57)68(51)55-32-21-37-62-70(55)69-46-23-8-7-22-45(46)42-43-63(69)75(62)58-33-11-9-24-49(58)50-25-10-12-34-59(50)75/h7-44H,1-6H3. The van der Waals surface area contributed by atoms with Crippen LogP contribution in [0.25, 0.3) is 88.0 Å². The molecule has 0 fully saturated rings. The Balaban J connectivity index is 1.06. The average Bonchev–Trinajstić information content (AvgIpc) is 4.01. The van der Waals surface area contributed by atoms with Crippen molar-refractivity contribution in [3.63, 3.8) is 0 Å². The molecule has 0 atom stereocenters. The van der Waals surface area contributed by atoms with Gasteiger partial charge in [-0.25, -0.2) is 0 Å². The molecule has 2 nitrogen and oxygen atoms in total. The van der Waals surface area contributed by atoms with Crippen molar-refractivity contribution >= 4 is 55.1 Å². The predicted molar refractivity (Wildman–Crippen MR) is 325 cm³/mol. The Bertz CT molecular complexity index is 4350. The molecule has 0 radical (unpaired) electrons. The molecule has 2 aliphatic heterocycles. The van der Waals surface area contributed by atoms with Gasteiger partial charge in [-0.15, -0.1) is 0 Å². The van der Waals surface area contributed by atoms with E-state index in [2.05, 4.69) is 282 Å². The first-order valence-corrected chi connectivity index (χ1v) is 27.4. The summed E-state index contributed by atoms with van der Waals surface area (Å²) in [6.45, 7) is 9.58. The molecule has 0 bridgehead atoms. The lowest BCUT2D eigenvalue weighted by molar-refractivity contribution is 0.630. The molecule has 12 aromatic carbocycles. The van der Waals surface area contributed by atoms with Gasteiger partial charge in [0.2, 0.25) is 0 Å². The van der Waals surface area contributed by atoms with Crippen molar-refractivity contribution < 1.29 is 0 Å². The van der Waals surface area contributed by atoms with Crippen molar-refractivity contribution in [2.75, 3.05) is 23.9 Å². The summed E-state index contributed by atoms with van der Waals surface area (Å²) in [4.78, 5) is 4.90. The summed E-state index contributed by atoms with van der Waals surface area (Å²) >= 11 is 0. The van der Waals surface area contributed by atoms with Gasteiger partial charge in [-0.2, -0.15) is 0 Å². The zero-order chi connectivity index (χ0) is 51.7. The molecule has 4 aliphatic rings. The van der Waals surface area contributed by atoms with Crippen LogP contribution in [0.2, 0.25) is 0 Å². The number of hydrogen-bond acceptors (Lipinski definition) is 2. The van der Waals surface area contributed by atoms with Crippen molar-refractivity contribution in [1.29, 1.82) is 0 Å². The van der Waals surface area contributed by atoms with E-state index in [0.29, 0.717) is 0 Å². The van der Waals surface area contributed by atoms with Crippen LogP contribution in [-0.4, -0.2) is 14.1 Å². The summed E-state index contributed by atoms with van der Waals surface area (Å²) in [5.74, 6) is 0. The van der Waals surface area contributed by atoms with Gasteiger partial charge >= 0.3 is 0 Å². The third kappa shape index (κ3) is 5.60. The molecule has 366 valence electrons. The predicted octanol–water partition coefficient (Wildman–Crippen LogP) is 19.3. The lowest BCUT2D eigenvalue weighted by Crippen LogP contribution is -2.31. The summed E-state index contributed by atoms with van der Waals surface area (Å²) in [7, 11) is 4.53. The molecule has 0 amide bonds. The molecular weight excluding hydrogens is 929 g/mol. The van der Waals surface area contributed by atoms with E-state index in [1.165, 1.54) is 155 Å². The van der Waals surface area contributed by atoms with Gasteiger partial charge in [-0.05, 0) is 140 Å². The molecule has 0 N–H and O–H groups in total. The zero-order valence-corrected chi connectivity index (χ0v) is 44.3. The summed E-state index contributed by atoms with van der Waals surface area (Å²) in [6.07, 6.45) is 0. The number of anilines is 4. The van der Waals surface area contributed by atoms with Crippen LogP contribution in [-0.2, 0) is 16.2 Å². The van der Waals surface area contributed by atoms with E-state index in [1.54, 1.807) is 0 Å². The fourth-order valence-electron chi connectivity index (χ4n) is 15.5. The largest absolute Gasteiger partial charge is 0.344 e. The number of para-hydroxylation sites is 4. The highest BCUT2D eigenvalue weighted by Gasteiger charge is 2.53. The molecule has 16 rings (SSSR count). The Morgan fingerprint density at radius 3 is 1.21 bits per heavy atom. The van der Waals surface area contributed by atoms with E-state index >= 15 is 0 Å². The van der Waals surface area contributed by atoms with Crippen LogP contribution in [0.4, 0.5) is 22.7 Å². The van der Waals surface area contributed by atoms with Crippen molar-refractivity contribution in [3.8, 4) is 55.6 Å². The SMILES string of the molecule is CN1c2ccccc2C(C)(C)c2cccc(-c3cccc4c(-c5cccc6c5-c5c(ccc7ccccc57)C65c6ccccc6-c6ccccc65)c5cccc(-c6cccc7c6N(C)c6ccccc6C7(C)C)c5cc34)c21. The fraction of sp³-hybridized carbons (Fsp3) is 0.120. The smallest absolute Gasteiger partial charge is 0.0725 e. The molecule has 0 saturated heterocycles. The second-order valence-electron chi connectivity index (χ2n) is 23.1. The van der Waals surface area contributed by atoms with E-state index in [-0.39, 0.29) is 10.8 Å². The van der Waals surface area contributed by atoms with Crippen LogP contribution in [0.3, 0.4) is 0 Å². The Hall–Kier alpha value is -8.98. The van der Waals surface area contributed by atoms with Gasteiger partial charge in [-0.3, -0.25) is 0 Å². The highest BCUT2D eigenvalue weighted by Crippen LogP contribution is 2.66. The third-order valence-corrected chi connectivity index (χ3v) is 18.9.